The van der Waals surface area contributed by atoms with Crippen LogP contribution in [0.2, 0.25) is 0 Å². The summed E-state index contributed by atoms with van der Waals surface area (Å²) >= 11 is 1.78. The Bertz CT molecular complexity index is 557. The predicted molar refractivity (Wildman–Crippen MR) is 113 cm³/mol. The van der Waals surface area contributed by atoms with Crippen molar-refractivity contribution < 1.29 is 9.53 Å². The molecule has 2 heterocycles. The Morgan fingerprint density at radius 1 is 1.44 bits per heavy atom. The molecule has 1 aliphatic heterocycles. The van der Waals surface area contributed by atoms with E-state index in [0.29, 0.717) is 6.61 Å². The zero-order chi connectivity index (χ0) is 17.4. The number of ether oxygens (including phenoxy) is 1. The summed E-state index contributed by atoms with van der Waals surface area (Å²) in [7, 11) is 1.80. The molecule has 0 amide bonds. The molecule has 1 aliphatic rings. The molecule has 1 saturated heterocycles. The number of hydrogen-bond donors (Lipinski definition) is 1. The molecule has 2 rings (SSSR count). The number of thiazole rings is 1. The van der Waals surface area contributed by atoms with Crippen molar-refractivity contribution in [2.24, 2.45) is 10.9 Å². The number of aliphatic imine (C=N–C) groups is 1. The van der Waals surface area contributed by atoms with Gasteiger partial charge in [0.25, 0.3) is 0 Å². The average molecular weight is 480 g/mol. The number of halogens is 1. The molecule has 1 N–H and O–H groups in total. The van der Waals surface area contributed by atoms with Crippen LogP contribution in [0, 0.1) is 5.92 Å². The Labute approximate surface area is 171 Å². The second-order valence-corrected chi connectivity index (χ2v) is 7.01. The molecule has 8 heteroatoms. The Kier molecular flexibility index (Phi) is 10.3. The van der Waals surface area contributed by atoms with Crippen LogP contribution in [0.25, 0.3) is 0 Å². The highest BCUT2D eigenvalue weighted by Gasteiger charge is 2.27. The van der Waals surface area contributed by atoms with Crippen LogP contribution in [0.15, 0.2) is 11.2 Å². The van der Waals surface area contributed by atoms with E-state index in [0.717, 1.165) is 56.3 Å². The first-order chi connectivity index (χ1) is 11.7. The van der Waals surface area contributed by atoms with Crippen LogP contribution in [0.1, 0.15) is 36.6 Å². The molecule has 0 unspecified atom stereocenters. The van der Waals surface area contributed by atoms with Crippen LogP contribution in [-0.2, 0) is 22.4 Å². The minimum Gasteiger partial charge on any atom is -0.466 e. The van der Waals surface area contributed by atoms with Gasteiger partial charge in [-0.1, -0.05) is 6.92 Å². The van der Waals surface area contributed by atoms with Crippen LogP contribution in [-0.4, -0.2) is 55.1 Å². The number of aromatic nitrogens is 1. The van der Waals surface area contributed by atoms with E-state index < -0.39 is 0 Å². The average Bonchev–Trinajstić information content (AvgIpc) is 3.07. The third kappa shape index (κ3) is 6.73. The first-order valence-corrected chi connectivity index (χ1v) is 9.55. The zero-order valence-corrected chi connectivity index (χ0v) is 18.4. The van der Waals surface area contributed by atoms with Crippen LogP contribution in [0.3, 0.4) is 0 Å². The third-order valence-corrected chi connectivity index (χ3v) is 5.40. The fourth-order valence-electron chi connectivity index (χ4n) is 2.83. The SMILES string of the molecule is CCOC(=O)C1CCN(C(=NC)NCCc2ncc(CC)s2)CC1.I. The van der Waals surface area contributed by atoms with Gasteiger partial charge in [-0.25, -0.2) is 4.98 Å². The van der Waals surface area contributed by atoms with Crippen molar-refractivity contribution in [2.45, 2.75) is 39.5 Å². The number of rotatable bonds is 6. The van der Waals surface area contributed by atoms with Crippen molar-refractivity contribution >= 4 is 47.2 Å². The number of aryl methyl sites for hydroxylation is 1. The Hall–Kier alpha value is -0.900. The molecule has 0 radical (unpaired) electrons. The molecule has 1 aromatic heterocycles. The fourth-order valence-corrected chi connectivity index (χ4v) is 3.69. The summed E-state index contributed by atoms with van der Waals surface area (Å²) in [5.41, 5.74) is 0. The summed E-state index contributed by atoms with van der Waals surface area (Å²) in [4.78, 5) is 24.2. The number of nitrogens with zero attached hydrogens (tertiary/aromatic N) is 3. The lowest BCUT2D eigenvalue weighted by Gasteiger charge is -2.33. The van der Waals surface area contributed by atoms with Gasteiger partial charge >= 0.3 is 5.97 Å². The summed E-state index contributed by atoms with van der Waals surface area (Å²) in [6.45, 7) is 6.95. The molecule has 1 fully saturated rings. The first-order valence-electron chi connectivity index (χ1n) is 8.73. The molecule has 142 valence electrons. The number of hydrogen-bond acceptors (Lipinski definition) is 5. The van der Waals surface area contributed by atoms with Gasteiger partial charge in [0.15, 0.2) is 5.96 Å². The number of esters is 1. The number of nitrogens with one attached hydrogen (secondary N) is 1. The van der Waals surface area contributed by atoms with Gasteiger partial charge in [-0.05, 0) is 26.2 Å². The quantitative estimate of drug-likeness (QED) is 0.294. The van der Waals surface area contributed by atoms with E-state index in [1.165, 1.54) is 4.88 Å². The van der Waals surface area contributed by atoms with E-state index in [4.69, 9.17) is 4.74 Å². The van der Waals surface area contributed by atoms with Crippen molar-refractivity contribution in [1.82, 2.24) is 15.2 Å². The molecular weight excluding hydrogens is 451 g/mol. The number of likely N-dealkylation sites (tertiary alicyclic amines) is 1. The number of carbonyl (C=O) groups excluding carboxylic acids is 1. The van der Waals surface area contributed by atoms with E-state index in [1.54, 1.807) is 18.4 Å². The molecule has 1 aromatic rings. The minimum absolute atomic E-state index is 0. The summed E-state index contributed by atoms with van der Waals surface area (Å²) in [5, 5.41) is 4.57. The van der Waals surface area contributed by atoms with Gasteiger partial charge in [0.2, 0.25) is 0 Å². The van der Waals surface area contributed by atoms with Crippen molar-refractivity contribution in [3.8, 4) is 0 Å². The first kappa shape index (κ1) is 22.1. The normalized spacial score (nSPS) is 15.6. The molecular formula is C17H29IN4O2S. The van der Waals surface area contributed by atoms with Gasteiger partial charge in [0.05, 0.1) is 17.5 Å². The van der Waals surface area contributed by atoms with Gasteiger partial charge in [0.1, 0.15) is 0 Å². The van der Waals surface area contributed by atoms with Gasteiger partial charge in [-0.2, -0.15) is 0 Å². The van der Waals surface area contributed by atoms with E-state index in [2.05, 4.69) is 27.1 Å². The maximum atomic E-state index is 11.8. The molecule has 0 aliphatic carbocycles. The number of piperidine rings is 1. The molecule has 0 atom stereocenters. The van der Waals surface area contributed by atoms with Gasteiger partial charge in [0, 0.05) is 44.2 Å². The van der Waals surface area contributed by atoms with Crippen molar-refractivity contribution in [3.05, 3.63) is 16.1 Å². The van der Waals surface area contributed by atoms with E-state index in [-0.39, 0.29) is 35.9 Å². The number of guanidine groups is 1. The van der Waals surface area contributed by atoms with Gasteiger partial charge in [-0.15, -0.1) is 35.3 Å². The molecule has 0 bridgehead atoms. The predicted octanol–water partition coefficient (Wildman–Crippen LogP) is 2.72. The van der Waals surface area contributed by atoms with Crippen LogP contribution >= 0.6 is 35.3 Å². The van der Waals surface area contributed by atoms with E-state index in [1.807, 2.05) is 13.1 Å². The van der Waals surface area contributed by atoms with E-state index in [9.17, 15) is 4.79 Å². The maximum absolute atomic E-state index is 11.8. The zero-order valence-electron chi connectivity index (χ0n) is 15.3. The lowest BCUT2D eigenvalue weighted by Crippen LogP contribution is -2.47. The van der Waals surface area contributed by atoms with Gasteiger partial charge < -0.3 is 15.0 Å². The standard InChI is InChI=1S/C17H28N4O2S.HI/c1-4-14-12-20-15(24-14)6-9-19-17(18-3)21-10-7-13(8-11-21)16(22)23-5-2;/h12-13H,4-11H2,1-3H3,(H,18,19);1H. The monoisotopic (exact) mass is 480 g/mol. The van der Waals surface area contributed by atoms with Crippen LogP contribution in [0.4, 0.5) is 0 Å². The Morgan fingerprint density at radius 2 is 2.16 bits per heavy atom. The summed E-state index contributed by atoms with van der Waals surface area (Å²) in [5.74, 6) is 0.877. The lowest BCUT2D eigenvalue weighted by atomic mass is 9.97. The van der Waals surface area contributed by atoms with E-state index >= 15 is 0 Å². The molecule has 25 heavy (non-hydrogen) atoms. The minimum atomic E-state index is -0.0596. The lowest BCUT2D eigenvalue weighted by molar-refractivity contribution is -0.149. The van der Waals surface area contributed by atoms with Gasteiger partial charge in [-0.3, -0.25) is 9.79 Å². The smallest absolute Gasteiger partial charge is 0.309 e. The summed E-state index contributed by atoms with van der Waals surface area (Å²) < 4.78 is 5.12. The second-order valence-electron chi connectivity index (χ2n) is 5.81. The highest BCUT2D eigenvalue weighted by Crippen LogP contribution is 2.19. The fraction of sp³-hybridized carbons (Fsp3) is 0.706. The molecule has 0 spiro atoms. The molecule has 0 saturated carbocycles. The summed E-state index contributed by atoms with van der Waals surface area (Å²) in [6, 6.07) is 0. The third-order valence-electron chi connectivity index (χ3n) is 4.20. The maximum Gasteiger partial charge on any atom is 0.309 e. The van der Waals surface area contributed by atoms with Crippen molar-refractivity contribution in [1.29, 1.82) is 0 Å². The van der Waals surface area contributed by atoms with Crippen LogP contribution < -0.4 is 5.32 Å². The largest absolute Gasteiger partial charge is 0.466 e. The topological polar surface area (TPSA) is 66.8 Å². The van der Waals surface area contributed by atoms with Crippen LogP contribution in [0.5, 0.6) is 0 Å². The molecule has 0 aromatic carbocycles. The van der Waals surface area contributed by atoms with Crippen molar-refractivity contribution in [3.63, 3.8) is 0 Å². The highest BCUT2D eigenvalue weighted by molar-refractivity contribution is 14.0. The second kappa shape index (κ2) is 11.7. The summed E-state index contributed by atoms with van der Waals surface area (Å²) in [6.07, 6.45) is 5.57. The Morgan fingerprint density at radius 3 is 2.72 bits per heavy atom. The van der Waals surface area contributed by atoms with Crippen molar-refractivity contribution in [2.75, 3.05) is 33.3 Å². The molecule has 6 nitrogen and oxygen atoms in total. The Balaban J connectivity index is 0.00000312. The highest BCUT2D eigenvalue weighted by atomic mass is 127. The number of carbonyl (C=O) groups is 1.